The molecule has 1 aromatic carbocycles. The number of carbonyl (C=O) groups excluding carboxylic acids is 1. The Morgan fingerprint density at radius 2 is 2.19 bits per heavy atom. The molecule has 1 amide bonds. The fraction of sp³-hybridized carbons (Fsp3) is 0.333. The summed E-state index contributed by atoms with van der Waals surface area (Å²) in [5, 5.41) is 3.82. The highest BCUT2D eigenvalue weighted by atomic mass is 16.5. The second kappa shape index (κ2) is 6.61. The van der Waals surface area contributed by atoms with Gasteiger partial charge in [-0.2, -0.15) is 5.10 Å². The maximum Gasteiger partial charge on any atom is 0.427 e. The summed E-state index contributed by atoms with van der Waals surface area (Å²) in [5.41, 5.74) is 3.44. The first kappa shape index (κ1) is 12.2. The molecule has 4 nitrogen and oxygen atoms in total. The van der Waals surface area contributed by atoms with Crippen LogP contribution in [-0.2, 0) is 4.74 Å². The summed E-state index contributed by atoms with van der Waals surface area (Å²) in [4.78, 5) is 10.9. The van der Waals surface area contributed by atoms with Gasteiger partial charge < -0.3 is 4.74 Å². The molecule has 86 valence electrons. The van der Waals surface area contributed by atoms with Crippen LogP contribution in [0.2, 0.25) is 0 Å². The Kier molecular flexibility index (Phi) is 5.05. The van der Waals surface area contributed by atoms with E-state index in [1.54, 1.807) is 13.1 Å². The number of benzene rings is 1. The minimum atomic E-state index is -0.529. The topological polar surface area (TPSA) is 50.7 Å². The van der Waals surface area contributed by atoms with Crippen LogP contribution in [0.5, 0.6) is 0 Å². The average Bonchev–Trinajstić information content (AvgIpc) is 2.30. The molecule has 1 rings (SSSR count). The normalized spacial score (nSPS) is 12.4. The monoisotopic (exact) mass is 220 g/mol. The smallest absolute Gasteiger partial charge is 0.427 e. The van der Waals surface area contributed by atoms with Gasteiger partial charge >= 0.3 is 6.09 Å². The van der Waals surface area contributed by atoms with Gasteiger partial charge in [0.1, 0.15) is 0 Å². The van der Waals surface area contributed by atoms with E-state index in [0.717, 1.165) is 5.56 Å². The van der Waals surface area contributed by atoms with Crippen molar-refractivity contribution in [1.82, 2.24) is 5.43 Å². The molecule has 0 aliphatic rings. The van der Waals surface area contributed by atoms with Gasteiger partial charge in [-0.15, -0.1) is 0 Å². The lowest BCUT2D eigenvalue weighted by molar-refractivity contribution is 0.152. The highest BCUT2D eigenvalue weighted by molar-refractivity contribution is 5.71. The zero-order chi connectivity index (χ0) is 11.8. The summed E-state index contributed by atoms with van der Waals surface area (Å²) >= 11 is 0. The van der Waals surface area contributed by atoms with E-state index in [0.29, 0.717) is 6.61 Å². The number of hydrogen-bond donors (Lipinski definition) is 1. The summed E-state index contributed by atoms with van der Waals surface area (Å²) in [7, 11) is 0. The van der Waals surface area contributed by atoms with Crippen molar-refractivity contribution in [3.05, 3.63) is 35.9 Å². The third-order valence-electron chi connectivity index (χ3n) is 2.05. The van der Waals surface area contributed by atoms with E-state index in [1.807, 2.05) is 37.3 Å². The molecule has 16 heavy (non-hydrogen) atoms. The lowest BCUT2D eigenvalue weighted by atomic mass is 10.0. The molecule has 0 heterocycles. The van der Waals surface area contributed by atoms with E-state index < -0.39 is 6.09 Å². The average molecular weight is 220 g/mol. The fourth-order valence-electron chi connectivity index (χ4n) is 1.21. The molecule has 1 atom stereocenters. The molecule has 0 spiro atoms. The molecule has 0 fully saturated rings. The SMILES string of the molecule is CCOC(=O)N/N=C/C(C)c1ccccc1. The molecule has 1 aromatic rings. The van der Waals surface area contributed by atoms with Crippen molar-refractivity contribution < 1.29 is 9.53 Å². The van der Waals surface area contributed by atoms with Crippen molar-refractivity contribution in [2.45, 2.75) is 19.8 Å². The second-order valence-electron chi connectivity index (χ2n) is 3.31. The zero-order valence-electron chi connectivity index (χ0n) is 9.51. The molecule has 0 saturated heterocycles. The Labute approximate surface area is 95.3 Å². The number of hydrogen-bond acceptors (Lipinski definition) is 3. The van der Waals surface area contributed by atoms with Gasteiger partial charge in [0, 0.05) is 12.1 Å². The number of carbonyl (C=O) groups is 1. The third-order valence-corrected chi connectivity index (χ3v) is 2.05. The van der Waals surface area contributed by atoms with Crippen molar-refractivity contribution in [2.24, 2.45) is 5.10 Å². The Morgan fingerprint density at radius 3 is 2.81 bits per heavy atom. The maximum absolute atomic E-state index is 10.9. The number of rotatable bonds is 4. The molecule has 0 aliphatic heterocycles. The van der Waals surface area contributed by atoms with Gasteiger partial charge in [-0.1, -0.05) is 37.3 Å². The minimum absolute atomic E-state index is 0.156. The molecule has 0 radical (unpaired) electrons. The first-order valence-electron chi connectivity index (χ1n) is 5.25. The third kappa shape index (κ3) is 4.13. The van der Waals surface area contributed by atoms with E-state index in [1.165, 1.54) is 0 Å². The largest absolute Gasteiger partial charge is 0.449 e. The predicted molar refractivity (Wildman–Crippen MR) is 63.5 cm³/mol. The second-order valence-corrected chi connectivity index (χ2v) is 3.31. The molecular formula is C12H16N2O2. The Hall–Kier alpha value is -1.84. The highest BCUT2D eigenvalue weighted by Gasteiger charge is 2.01. The minimum Gasteiger partial charge on any atom is -0.449 e. The fourth-order valence-corrected chi connectivity index (χ4v) is 1.21. The lowest BCUT2D eigenvalue weighted by Crippen LogP contribution is -2.19. The van der Waals surface area contributed by atoms with Crippen LogP contribution in [0.3, 0.4) is 0 Å². The quantitative estimate of drug-likeness (QED) is 0.626. The number of nitrogens with zero attached hydrogens (tertiary/aromatic N) is 1. The Balaban J connectivity index is 2.43. The van der Waals surface area contributed by atoms with Crippen molar-refractivity contribution >= 4 is 12.3 Å². The van der Waals surface area contributed by atoms with Crippen molar-refractivity contribution in [1.29, 1.82) is 0 Å². The number of hydrazone groups is 1. The molecule has 1 N–H and O–H groups in total. The van der Waals surface area contributed by atoms with Crippen LogP contribution in [-0.4, -0.2) is 18.9 Å². The predicted octanol–water partition coefficient (Wildman–Crippen LogP) is 2.52. The molecule has 0 saturated carbocycles. The number of nitrogens with one attached hydrogen (secondary N) is 1. The van der Waals surface area contributed by atoms with Crippen LogP contribution < -0.4 is 5.43 Å². The summed E-state index contributed by atoms with van der Waals surface area (Å²) in [6.45, 7) is 4.09. The van der Waals surface area contributed by atoms with Crippen molar-refractivity contribution in [3.63, 3.8) is 0 Å². The summed E-state index contributed by atoms with van der Waals surface area (Å²) < 4.78 is 4.67. The van der Waals surface area contributed by atoms with Crippen molar-refractivity contribution in [3.8, 4) is 0 Å². The van der Waals surface area contributed by atoms with E-state index in [2.05, 4.69) is 15.3 Å². The molecular weight excluding hydrogens is 204 g/mol. The summed E-state index contributed by atoms with van der Waals surface area (Å²) in [5.74, 6) is 0.156. The van der Waals surface area contributed by atoms with Crippen LogP contribution in [0.25, 0.3) is 0 Å². The lowest BCUT2D eigenvalue weighted by Gasteiger charge is -2.05. The van der Waals surface area contributed by atoms with Crippen LogP contribution in [0.1, 0.15) is 25.3 Å². The summed E-state index contributed by atoms with van der Waals surface area (Å²) in [6.07, 6.45) is 1.14. The molecule has 1 unspecified atom stereocenters. The molecule has 0 aromatic heterocycles. The van der Waals surface area contributed by atoms with Gasteiger partial charge in [0.05, 0.1) is 6.61 Å². The highest BCUT2D eigenvalue weighted by Crippen LogP contribution is 2.11. The van der Waals surface area contributed by atoms with E-state index in [4.69, 9.17) is 0 Å². The summed E-state index contributed by atoms with van der Waals surface area (Å²) in [6, 6.07) is 9.93. The van der Waals surface area contributed by atoms with Gasteiger partial charge in [0.2, 0.25) is 0 Å². The zero-order valence-corrected chi connectivity index (χ0v) is 9.51. The van der Waals surface area contributed by atoms with E-state index >= 15 is 0 Å². The first-order valence-corrected chi connectivity index (χ1v) is 5.25. The van der Waals surface area contributed by atoms with Gasteiger partial charge in [-0.3, -0.25) is 0 Å². The van der Waals surface area contributed by atoms with E-state index in [-0.39, 0.29) is 5.92 Å². The Morgan fingerprint density at radius 1 is 1.50 bits per heavy atom. The number of amides is 1. The van der Waals surface area contributed by atoms with Crippen molar-refractivity contribution in [2.75, 3.05) is 6.61 Å². The van der Waals surface area contributed by atoms with Gasteiger partial charge in [0.25, 0.3) is 0 Å². The Bertz CT molecular complexity index is 349. The maximum atomic E-state index is 10.9. The molecule has 0 aliphatic carbocycles. The van der Waals surface area contributed by atoms with E-state index in [9.17, 15) is 4.79 Å². The number of ether oxygens (including phenoxy) is 1. The standard InChI is InChI=1S/C12H16N2O2/c1-3-16-12(15)14-13-9-10(2)11-7-5-4-6-8-11/h4-10H,3H2,1-2H3,(H,14,15)/b13-9+. The van der Waals surface area contributed by atoms with Crippen LogP contribution in [0, 0.1) is 0 Å². The van der Waals surface area contributed by atoms with Crippen LogP contribution in [0.4, 0.5) is 4.79 Å². The molecule has 0 bridgehead atoms. The van der Waals surface area contributed by atoms with Gasteiger partial charge in [0.15, 0.2) is 0 Å². The van der Waals surface area contributed by atoms with Crippen LogP contribution in [0.15, 0.2) is 35.4 Å². The van der Waals surface area contributed by atoms with Gasteiger partial charge in [-0.05, 0) is 12.5 Å². The molecule has 4 heteroatoms. The first-order chi connectivity index (χ1) is 7.74. The van der Waals surface area contributed by atoms with Gasteiger partial charge in [-0.25, -0.2) is 10.2 Å². The van der Waals surface area contributed by atoms with Crippen LogP contribution >= 0.6 is 0 Å².